The highest BCUT2D eigenvalue weighted by molar-refractivity contribution is 6.38. The fraction of sp³-hybridized carbons (Fsp3) is 0.130. The van der Waals surface area contributed by atoms with Crippen LogP contribution in [0.1, 0.15) is 16.7 Å². The van der Waals surface area contributed by atoms with Crippen molar-refractivity contribution in [1.29, 1.82) is 0 Å². The smallest absolute Gasteiger partial charge is 0.203 e. The molecule has 0 aromatic heterocycles. The second-order valence-electron chi connectivity index (χ2n) is 6.52. The van der Waals surface area contributed by atoms with Crippen molar-refractivity contribution < 1.29 is 14.2 Å². The van der Waals surface area contributed by atoms with Gasteiger partial charge in [-0.1, -0.05) is 40.9 Å². The zero-order valence-corrected chi connectivity index (χ0v) is 18.2. The number of halogens is 3. The van der Waals surface area contributed by atoms with Gasteiger partial charge in [0.15, 0.2) is 11.5 Å². The van der Waals surface area contributed by atoms with Crippen molar-refractivity contribution in [3.8, 4) is 28.4 Å². The summed E-state index contributed by atoms with van der Waals surface area (Å²) in [4.78, 5) is 0. The van der Waals surface area contributed by atoms with E-state index in [1.807, 2.05) is 42.5 Å². The van der Waals surface area contributed by atoms with Gasteiger partial charge in [0.25, 0.3) is 0 Å². The Labute approximate surface area is 184 Å². The molecule has 0 saturated carbocycles. The van der Waals surface area contributed by atoms with Crippen molar-refractivity contribution in [2.24, 2.45) is 0 Å². The number of hydrogen-bond acceptors (Lipinski definition) is 3. The normalized spacial score (nSPS) is 13.2. The van der Waals surface area contributed by atoms with Crippen LogP contribution in [0.2, 0.25) is 15.1 Å². The number of benzene rings is 3. The van der Waals surface area contributed by atoms with Gasteiger partial charge in [0.1, 0.15) is 0 Å². The van der Waals surface area contributed by atoms with Gasteiger partial charge in [-0.15, -0.1) is 0 Å². The molecule has 3 nitrogen and oxygen atoms in total. The van der Waals surface area contributed by atoms with Gasteiger partial charge in [-0.25, -0.2) is 0 Å². The number of methoxy groups -OCH3 is 3. The van der Waals surface area contributed by atoms with Crippen LogP contribution in [0.3, 0.4) is 0 Å². The van der Waals surface area contributed by atoms with Crippen LogP contribution < -0.4 is 14.2 Å². The minimum atomic E-state index is 0.540. The van der Waals surface area contributed by atoms with E-state index in [-0.39, 0.29) is 0 Å². The first-order chi connectivity index (χ1) is 14.0. The molecule has 29 heavy (non-hydrogen) atoms. The van der Waals surface area contributed by atoms with E-state index in [9.17, 15) is 0 Å². The SMILES string of the molecule is COc1cc(/C=C2/c3cc(Cl)ccc3-c3c(Cl)cc(Cl)cc32)cc(OC)c1OC. The van der Waals surface area contributed by atoms with Gasteiger partial charge in [0.05, 0.1) is 26.4 Å². The molecule has 1 aliphatic rings. The first kappa shape index (κ1) is 20.0. The zero-order valence-electron chi connectivity index (χ0n) is 16.0. The molecule has 148 valence electrons. The van der Waals surface area contributed by atoms with Gasteiger partial charge in [0.2, 0.25) is 5.75 Å². The molecule has 0 unspecified atom stereocenters. The van der Waals surface area contributed by atoms with E-state index in [2.05, 4.69) is 0 Å². The van der Waals surface area contributed by atoms with Gasteiger partial charge in [-0.05, 0) is 70.3 Å². The average molecular weight is 448 g/mol. The monoisotopic (exact) mass is 446 g/mol. The second kappa shape index (κ2) is 7.83. The molecule has 3 aromatic rings. The Morgan fingerprint density at radius 1 is 0.690 bits per heavy atom. The van der Waals surface area contributed by atoms with Crippen LogP contribution in [0.25, 0.3) is 22.8 Å². The Morgan fingerprint density at radius 3 is 1.97 bits per heavy atom. The number of rotatable bonds is 4. The van der Waals surface area contributed by atoms with Crippen molar-refractivity contribution >= 4 is 46.5 Å². The number of ether oxygens (including phenoxy) is 3. The first-order valence-electron chi connectivity index (χ1n) is 8.78. The zero-order chi connectivity index (χ0) is 20.7. The molecule has 4 rings (SSSR count). The van der Waals surface area contributed by atoms with Gasteiger partial charge < -0.3 is 14.2 Å². The van der Waals surface area contributed by atoms with E-state index < -0.39 is 0 Å². The predicted octanol–water partition coefficient (Wildman–Crippen LogP) is 7.24. The molecule has 1 aliphatic carbocycles. The van der Waals surface area contributed by atoms with Crippen LogP contribution in [0.4, 0.5) is 0 Å². The highest BCUT2D eigenvalue weighted by Gasteiger charge is 2.27. The molecule has 0 fully saturated rings. The second-order valence-corrected chi connectivity index (χ2v) is 7.80. The summed E-state index contributed by atoms with van der Waals surface area (Å²) in [7, 11) is 4.76. The van der Waals surface area contributed by atoms with Crippen molar-refractivity contribution in [3.05, 3.63) is 74.2 Å². The van der Waals surface area contributed by atoms with Crippen LogP contribution in [0.15, 0.2) is 42.5 Å². The Hall–Kier alpha value is -2.33. The van der Waals surface area contributed by atoms with E-state index in [1.54, 1.807) is 27.4 Å². The average Bonchev–Trinajstić information content (AvgIpc) is 3.00. The molecule has 0 spiro atoms. The van der Waals surface area contributed by atoms with Crippen molar-refractivity contribution in [2.45, 2.75) is 0 Å². The van der Waals surface area contributed by atoms with Crippen molar-refractivity contribution in [2.75, 3.05) is 21.3 Å². The van der Waals surface area contributed by atoms with Crippen LogP contribution in [-0.4, -0.2) is 21.3 Å². The third-order valence-electron chi connectivity index (χ3n) is 4.88. The first-order valence-corrected chi connectivity index (χ1v) is 9.91. The Bertz CT molecular complexity index is 1130. The molecule has 0 atom stereocenters. The number of hydrogen-bond donors (Lipinski definition) is 0. The fourth-order valence-corrected chi connectivity index (χ4v) is 4.44. The predicted molar refractivity (Wildman–Crippen MR) is 120 cm³/mol. The van der Waals surface area contributed by atoms with Crippen LogP contribution in [-0.2, 0) is 0 Å². The third kappa shape index (κ3) is 3.44. The molecule has 0 bridgehead atoms. The van der Waals surface area contributed by atoms with Gasteiger partial charge in [0, 0.05) is 15.6 Å². The topological polar surface area (TPSA) is 27.7 Å². The summed E-state index contributed by atoms with van der Waals surface area (Å²) >= 11 is 19.2. The maximum Gasteiger partial charge on any atom is 0.203 e. The maximum absolute atomic E-state index is 6.54. The molecule has 0 radical (unpaired) electrons. The van der Waals surface area contributed by atoms with Gasteiger partial charge in [-0.2, -0.15) is 0 Å². The van der Waals surface area contributed by atoms with E-state index in [0.29, 0.717) is 32.3 Å². The Morgan fingerprint density at radius 2 is 1.34 bits per heavy atom. The largest absolute Gasteiger partial charge is 0.493 e. The molecular weight excluding hydrogens is 431 g/mol. The Balaban J connectivity index is 1.99. The lowest BCUT2D eigenvalue weighted by Crippen LogP contribution is -1.95. The van der Waals surface area contributed by atoms with Gasteiger partial charge in [-0.3, -0.25) is 0 Å². The Kier molecular flexibility index (Phi) is 5.39. The van der Waals surface area contributed by atoms with Crippen molar-refractivity contribution in [1.82, 2.24) is 0 Å². The minimum Gasteiger partial charge on any atom is -0.493 e. The van der Waals surface area contributed by atoms with E-state index in [4.69, 9.17) is 49.0 Å². The van der Waals surface area contributed by atoms with Gasteiger partial charge >= 0.3 is 0 Å². The van der Waals surface area contributed by atoms with Crippen LogP contribution >= 0.6 is 34.8 Å². The number of fused-ring (bicyclic) bond motifs is 3. The highest BCUT2D eigenvalue weighted by atomic mass is 35.5. The molecule has 3 aromatic carbocycles. The summed E-state index contributed by atoms with van der Waals surface area (Å²) in [5.41, 5.74) is 5.76. The molecule has 0 heterocycles. The summed E-state index contributed by atoms with van der Waals surface area (Å²) in [5, 5.41) is 1.82. The summed E-state index contributed by atoms with van der Waals surface area (Å²) in [6.45, 7) is 0. The van der Waals surface area contributed by atoms with Crippen molar-refractivity contribution in [3.63, 3.8) is 0 Å². The standard InChI is InChI=1S/C23H17Cl3O3/c1-27-20-7-12(8-21(28-2)23(20)29-3)6-16-17-9-13(24)4-5-15(17)22-18(16)10-14(25)11-19(22)26/h4-11H,1-3H3/b16-6-. The molecule has 0 amide bonds. The maximum atomic E-state index is 6.54. The fourth-order valence-electron chi connectivity index (χ4n) is 3.67. The summed E-state index contributed by atoms with van der Waals surface area (Å²) in [5.74, 6) is 1.69. The molecule has 6 heteroatoms. The van der Waals surface area contributed by atoms with E-state index >= 15 is 0 Å². The quantitative estimate of drug-likeness (QED) is 0.330. The molecule has 0 saturated heterocycles. The summed E-state index contributed by atoms with van der Waals surface area (Å²) in [6.07, 6.45) is 2.04. The summed E-state index contributed by atoms with van der Waals surface area (Å²) < 4.78 is 16.4. The van der Waals surface area contributed by atoms with Crippen LogP contribution in [0.5, 0.6) is 17.2 Å². The van der Waals surface area contributed by atoms with E-state index in [0.717, 1.165) is 33.4 Å². The summed E-state index contributed by atoms with van der Waals surface area (Å²) in [6, 6.07) is 13.2. The van der Waals surface area contributed by atoms with E-state index in [1.165, 1.54) is 0 Å². The molecule has 0 N–H and O–H groups in total. The lowest BCUT2D eigenvalue weighted by Gasteiger charge is -2.13. The lowest BCUT2D eigenvalue weighted by atomic mass is 10.0. The van der Waals surface area contributed by atoms with Crippen LogP contribution in [0, 0.1) is 0 Å². The third-order valence-corrected chi connectivity index (χ3v) is 5.64. The lowest BCUT2D eigenvalue weighted by molar-refractivity contribution is 0.324. The molecular formula is C23H17Cl3O3. The molecule has 0 aliphatic heterocycles. The minimum absolute atomic E-state index is 0.540. The highest BCUT2D eigenvalue weighted by Crippen LogP contribution is 2.50.